The lowest BCUT2D eigenvalue weighted by molar-refractivity contribution is -0.138. The van der Waals surface area contributed by atoms with Crippen molar-refractivity contribution in [1.29, 1.82) is 5.26 Å². The first-order chi connectivity index (χ1) is 13.1. The number of carbonyl (C=O) groups excluding carboxylic acids is 2. The topological polar surface area (TPSA) is 95.8 Å². The summed E-state index contributed by atoms with van der Waals surface area (Å²) in [6.45, 7) is 1.81. The number of hydrogen-bond donors (Lipinski definition) is 1. The Morgan fingerprint density at radius 3 is 2.48 bits per heavy atom. The fourth-order valence-corrected chi connectivity index (χ4v) is 2.70. The van der Waals surface area contributed by atoms with Crippen molar-refractivity contribution < 1.29 is 14.3 Å². The number of carbonyl (C=O) groups is 2. The predicted molar refractivity (Wildman–Crippen MR) is 101 cm³/mol. The van der Waals surface area contributed by atoms with Crippen LogP contribution < -0.4 is 0 Å². The van der Waals surface area contributed by atoms with Gasteiger partial charge in [0.2, 0.25) is 0 Å². The molecule has 0 spiro atoms. The van der Waals surface area contributed by atoms with E-state index in [1.165, 1.54) is 0 Å². The molecule has 0 aliphatic rings. The number of para-hydroxylation sites is 2. The van der Waals surface area contributed by atoms with Gasteiger partial charge in [-0.2, -0.15) is 5.26 Å². The number of nitrogens with zero attached hydrogens (tertiary/aromatic N) is 2. The Hall–Kier alpha value is -3.72. The van der Waals surface area contributed by atoms with Gasteiger partial charge in [-0.25, -0.2) is 9.78 Å². The summed E-state index contributed by atoms with van der Waals surface area (Å²) in [5, 5.41) is 9.69. The summed E-state index contributed by atoms with van der Waals surface area (Å²) >= 11 is 0. The SMILES string of the molecule is CCOC(=O)/C(CC(=O)c1ccccc1)=C(\C#N)c1nc2ccccc2[nH]1. The minimum atomic E-state index is -0.696. The highest BCUT2D eigenvalue weighted by molar-refractivity contribution is 6.08. The molecule has 1 N–H and O–H groups in total. The molecule has 0 saturated carbocycles. The summed E-state index contributed by atoms with van der Waals surface area (Å²) in [5.74, 6) is -0.732. The molecule has 27 heavy (non-hydrogen) atoms. The molecular formula is C21H17N3O3. The number of aromatic nitrogens is 2. The molecule has 0 atom stereocenters. The lowest BCUT2D eigenvalue weighted by Gasteiger charge is -2.08. The molecule has 0 saturated heterocycles. The first-order valence-corrected chi connectivity index (χ1v) is 8.47. The van der Waals surface area contributed by atoms with E-state index < -0.39 is 5.97 Å². The Morgan fingerprint density at radius 1 is 1.11 bits per heavy atom. The Morgan fingerprint density at radius 2 is 1.81 bits per heavy atom. The van der Waals surface area contributed by atoms with Crippen LogP contribution in [-0.4, -0.2) is 28.3 Å². The average molecular weight is 359 g/mol. The normalized spacial score (nSPS) is 11.6. The minimum Gasteiger partial charge on any atom is -0.463 e. The lowest BCUT2D eigenvalue weighted by Crippen LogP contribution is -2.14. The maximum atomic E-state index is 12.6. The number of aromatic amines is 1. The number of nitrogens with one attached hydrogen (secondary N) is 1. The molecule has 6 nitrogen and oxygen atoms in total. The van der Waals surface area contributed by atoms with Crippen molar-refractivity contribution in [2.75, 3.05) is 6.61 Å². The minimum absolute atomic E-state index is 0.00717. The van der Waals surface area contributed by atoms with Gasteiger partial charge in [0.1, 0.15) is 17.5 Å². The summed E-state index contributed by atoms with van der Waals surface area (Å²) in [4.78, 5) is 32.5. The molecule has 134 valence electrons. The number of ether oxygens (including phenoxy) is 1. The highest BCUT2D eigenvalue weighted by Gasteiger charge is 2.24. The van der Waals surface area contributed by atoms with Crippen LogP contribution in [0, 0.1) is 11.3 Å². The molecule has 6 heteroatoms. The van der Waals surface area contributed by atoms with Gasteiger partial charge < -0.3 is 9.72 Å². The van der Waals surface area contributed by atoms with E-state index in [2.05, 4.69) is 9.97 Å². The van der Waals surface area contributed by atoms with E-state index >= 15 is 0 Å². The van der Waals surface area contributed by atoms with Crippen LogP contribution in [0.3, 0.4) is 0 Å². The van der Waals surface area contributed by atoms with E-state index in [0.717, 1.165) is 5.52 Å². The van der Waals surface area contributed by atoms with Gasteiger partial charge in [0.15, 0.2) is 5.78 Å². The molecule has 0 fully saturated rings. The van der Waals surface area contributed by atoms with Crippen molar-refractivity contribution in [2.45, 2.75) is 13.3 Å². The Kier molecular flexibility index (Phi) is 5.43. The Labute approximate surface area is 156 Å². The molecule has 3 rings (SSSR count). The standard InChI is InChI=1S/C21H17N3O3/c1-2-27-21(26)15(12-19(25)14-8-4-3-5-9-14)16(13-22)20-23-17-10-6-7-11-18(17)24-20/h3-11H,2,12H2,1H3,(H,23,24)/b16-15+. The van der Waals surface area contributed by atoms with Crippen LogP contribution in [0.25, 0.3) is 16.6 Å². The number of nitriles is 1. The van der Waals surface area contributed by atoms with Crippen molar-refractivity contribution in [3.8, 4) is 6.07 Å². The molecular weight excluding hydrogens is 342 g/mol. The second kappa shape index (κ2) is 8.11. The van der Waals surface area contributed by atoms with E-state index in [9.17, 15) is 14.9 Å². The quantitative estimate of drug-likeness (QED) is 0.313. The van der Waals surface area contributed by atoms with Crippen molar-refractivity contribution >= 4 is 28.4 Å². The highest BCUT2D eigenvalue weighted by atomic mass is 16.5. The van der Waals surface area contributed by atoms with Crippen LogP contribution in [0.2, 0.25) is 0 Å². The average Bonchev–Trinajstić information content (AvgIpc) is 3.12. The van der Waals surface area contributed by atoms with Crippen LogP contribution in [0.15, 0.2) is 60.2 Å². The molecule has 0 bridgehead atoms. The summed E-state index contributed by atoms with van der Waals surface area (Å²) in [7, 11) is 0. The summed E-state index contributed by atoms with van der Waals surface area (Å²) in [6.07, 6.45) is -0.247. The smallest absolute Gasteiger partial charge is 0.335 e. The fraction of sp³-hybridized carbons (Fsp3) is 0.143. The van der Waals surface area contributed by atoms with Crippen LogP contribution in [0.1, 0.15) is 29.5 Å². The van der Waals surface area contributed by atoms with Crippen LogP contribution in [0.4, 0.5) is 0 Å². The number of imidazole rings is 1. The summed E-state index contributed by atoms with van der Waals surface area (Å²) in [5.41, 5.74) is 1.86. The highest BCUT2D eigenvalue weighted by Crippen LogP contribution is 2.23. The van der Waals surface area contributed by atoms with Crippen LogP contribution >= 0.6 is 0 Å². The van der Waals surface area contributed by atoms with E-state index in [1.54, 1.807) is 43.3 Å². The van der Waals surface area contributed by atoms with Gasteiger partial charge in [0.05, 0.1) is 23.2 Å². The van der Waals surface area contributed by atoms with E-state index in [-0.39, 0.29) is 35.8 Å². The number of hydrogen-bond acceptors (Lipinski definition) is 5. The third kappa shape index (κ3) is 3.93. The first-order valence-electron chi connectivity index (χ1n) is 8.47. The molecule has 1 heterocycles. The summed E-state index contributed by atoms with van der Waals surface area (Å²) < 4.78 is 5.08. The molecule has 0 radical (unpaired) electrons. The second-order valence-corrected chi connectivity index (χ2v) is 5.75. The maximum Gasteiger partial charge on any atom is 0.335 e. The molecule has 0 aliphatic heterocycles. The van der Waals surface area contributed by atoms with Gasteiger partial charge >= 0.3 is 5.97 Å². The molecule has 0 amide bonds. The van der Waals surface area contributed by atoms with E-state index in [4.69, 9.17) is 4.74 Å². The van der Waals surface area contributed by atoms with Gasteiger partial charge in [-0.1, -0.05) is 42.5 Å². The van der Waals surface area contributed by atoms with E-state index in [0.29, 0.717) is 11.1 Å². The molecule has 1 aromatic heterocycles. The first kappa shape index (κ1) is 18.1. The third-order valence-electron chi connectivity index (χ3n) is 3.99. The zero-order chi connectivity index (χ0) is 19.2. The van der Waals surface area contributed by atoms with Gasteiger partial charge in [0, 0.05) is 12.0 Å². The van der Waals surface area contributed by atoms with Gasteiger partial charge in [0.25, 0.3) is 0 Å². The number of Topliss-reactive ketones (excluding diaryl/α,β-unsaturated/α-hetero) is 1. The van der Waals surface area contributed by atoms with E-state index in [1.807, 2.05) is 24.3 Å². The zero-order valence-corrected chi connectivity index (χ0v) is 14.7. The number of benzene rings is 2. The van der Waals surface area contributed by atoms with Gasteiger partial charge in [-0.15, -0.1) is 0 Å². The van der Waals surface area contributed by atoms with Crippen molar-refractivity contribution in [3.63, 3.8) is 0 Å². The maximum absolute atomic E-state index is 12.6. The third-order valence-corrected chi connectivity index (χ3v) is 3.99. The number of allylic oxidation sites excluding steroid dienone is 1. The number of fused-ring (bicyclic) bond motifs is 1. The fourth-order valence-electron chi connectivity index (χ4n) is 2.70. The summed E-state index contributed by atoms with van der Waals surface area (Å²) in [6, 6.07) is 17.9. The van der Waals surface area contributed by atoms with Crippen molar-refractivity contribution in [3.05, 3.63) is 71.6 Å². The predicted octanol–water partition coefficient (Wildman–Crippen LogP) is 3.68. The molecule has 2 aromatic carbocycles. The number of ketones is 1. The zero-order valence-electron chi connectivity index (χ0n) is 14.7. The Balaban J connectivity index is 2.07. The Bertz CT molecular complexity index is 1030. The van der Waals surface area contributed by atoms with Crippen molar-refractivity contribution in [2.24, 2.45) is 0 Å². The largest absolute Gasteiger partial charge is 0.463 e. The second-order valence-electron chi connectivity index (χ2n) is 5.75. The number of H-pyrrole nitrogens is 1. The lowest BCUT2D eigenvalue weighted by atomic mass is 9.99. The monoisotopic (exact) mass is 359 g/mol. The molecule has 0 aliphatic carbocycles. The number of rotatable bonds is 6. The van der Waals surface area contributed by atoms with Crippen LogP contribution in [-0.2, 0) is 9.53 Å². The number of esters is 1. The molecule has 3 aromatic rings. The van der Waals surface area contributed by atoms with Gasteiger partial charge in [-0.05, 0) is 19.1 Å². The van der Waals surface area contributed by atoms with Crippen LogP contribution in [0.5, 0.6) is 0 Å². The molecule has 0 unspecified atom stereocenters. The van der Waals surface area contributed by atoms with Gasteiger partial charge in [-0.3, -0.25) is 4.79 Å². The van der Waals surface area contributed by atoms with Crippen molar-refractivity contribution in [1.82, 2.24) is 9.97 Å².